The summed E-state index contributed by atoms with van der Waals surface area (Å²) in [5.41, 5.74) is 0.262. The number of carbonyl (C=O) groups is 2. The highest BCUT2D eigenvalue weighted by atomic mass is 127. The molecule has 0 fully saturated rings. The molecule has 0 aliphatic heterocycles. The molecule has 2 aromatic rings. The number of carbonyl (C=O) groups excluding carboxylic acids is 1. The van der Waals surface area contributed by atoms with Gasteiger partial charge in [0.1, 0.15) is 0 Å². The second-order valence-corrected chi connectivity index (χ2v) is 7.20. The fourth-order valence-corrected chi connectivity index (χ4v) is 2.96. The molecule has 3 N–H and O–H groups in total. The van der Waals surface area contributed by atoms with Gasteiger partial charge in [-0.1, -0.05) is 11.3 Å². The normalized spacial score (nSPS) is 10.1. The highest BCUT2D eigenvalue weighted by Gasteiger charge is 2.13. The number of hydrogen-bond donors (Lipinski definition) is 3. The molecule has 0 saturated heterocycles. The SMILES string of the molecule is O=C(Nc1ncc(Br)s1)Nc1ccc(I)cc1C(=O)O. The van der Waals surface area contributed by atoms with Crippen LogP contribution in [0, 0.1) is 3.57 Å². The number of hydrogen-bond acceptors (Lipinski definition) is 4. The van der Waals surface area contributed by atoms with Crippen LogP contribution in [-0.2, 0) is 0 Å². The molecular weight excluding hydrogens is 461 g/mol. The number of nitrogens with one attached hydrogen (secondary N) is 2. The third-order valence-electron chi connectivity index (χ3n) is 2.16. The van der Waals surface area contributed by atoms with Crippen molar-refractivity contribution in [1.82, 2.24) is 4.98 Å². The molecule has 0 unspecified atom stereocenters. The Labute approximate surface area is 139 Å². The van der Waals surface area contributed by atoms with Crippen LogP contribution in [0.3, 0.4) is 0 Å². The summed E-state index contributed by atoms with van der Waals surface area (Å²) in [4.78, 5) is 26.9. The third-order valence-corrected chi connectivity index (χ3v) is 4.22. The topological polar surface area (TPSA) is 91.3 Å². The predicted octanol–water partition coefficient (Wildman–Crippen LogP) is 3.85. The predicted molar refractivity (Wildman–Crippen MR) is 88.6 cm³/mol. The van der Waals surface area contributed by atoms with Crippen molar-refractivity contribution in [3.63, 3.8) is 0 Å². The minimum Gasteiger partial charge on any atom is -0.478 e. The third kappa shape index (κ3) is 3.90. The zero-order valence-electron chi connectivity index (χ0n) is 9.68. The van der Waals surface area contributed by atoms with Gasteiger partial charge in [0.05, 0.1) is 21.2 Å². The van der Waals surface area contributed by atoms with Gasteiger partial charge in [-0.25, -0.2) is 14.6 Å². The van der Waals surface area contributed by atoms with Crippen molar-refractivity contribution in [3.8, 4) is 0 Å². The van der Waals surface area contributed by atoms with Crippen molar-refractivity contribution >= 4 is 72.7 Å². The van der Waals surface area contributed by atoms with E-state index in [0.29, 0.717) is 5.13 Å². The van der Waals surface area contributed by atoms with Crippen LogP contribution >= 0.6 is 49.9 Å². The van der Waals surface area contributed by atoms with Crippen molar-refractivity contribution in [2.75, 3.05) is 10.6 Å². The minimum absolute atomic E-state index is 0.0346. The molecule has 1 aromatic heterocycles. The number of halogens is 2. The summed E-state index contributed by atoms with van der Waals surface area (Å²) in [5.74, 6) is -1.10. The van der Waals surface area contributed by atoms with E-state index in [1.54, 1.807) is 18.3 Å². The van der Waals surface area contributed by atoms with E-state index in [9.17, 15) is 9.59 Å². The molecule has 0 spiro atoms. The maximum Gasteiger partial charge on any atom is 0.337 e. The summed E-state index contributed by atoms with van der Waals surface area (Å²) in [6.07, 6.45) is 1.56. The Balaban J connectivity index is 2.13. The average molecular weight is 468 g/mol. The number of nitrogens with zero attached hydrogens (tertiary/aromatic N) is 1. The van der Waals surface area contributed by atoms with E-state index >= 15 is 0 Å². The first-order valence-electron chi connectivity index (χ1n) is 5.18. The van der Waals surface area contributed by atoms with E-state index < -0.39 is 12.0 Å². The maximum absolute atomic E-state index is 11.8. The van der Waals surface area contributed by atoms with Gasteiger partial charge < -0.3 is 10.4 Å². The molecule has 0 saturated carbocycles. The molecule has 0 aliphatic rings. The summed E-state index contributed by atoms with van der Waals surface area (Å²) < 4.78 is 1.56. The number of anilines is 2. The molecule has 1 aromatic carbocycles. The number of aromatic carboxylic acids is 1. The maximum atomic E-state index is 11.8. The van der Waals surface area contributed by atoms with Gasteiger partial charge in [-0.05, 0) is 56.7 Å². The van der Waals surface area contributed by atoms with Crippen LogP contribution in [0.25, 0.3) is 0 Å². The lowest BCUT2D eigenvalue weighted by molar-refractivity contribution is 0.0698. The van der Waals surface area contributed by atoms with Crippen LogP contribution < -0.4 is 10.6 Å². The number of carboxylic acids is 1. The van der Waals surface area contributed by atoms with E-state index in [1.165, 1.54) is 17.4 Å². The molecule has 0 radical (unpaired) electrons. The molecule has 2 amide bonds. The minimum atomic E-state index is -1.10. The zero-order chi connectivity index (χ0) is 14.7. The van der Waals surface area contributed by atoms with E-state index in [2.05, 4.69) is 31.5 Å². The first kappa shape index (κ1) is 15.2. The van der Waals surface area contributed by atoms with Crippen molar-refractivity contribution in [2.24, 2.45) is 0 Å². The van der Waals surface area contributed by atoms with E-state index in [-0.39, 0.29) is 11.3 Å². The standard InChI is InChI=1S/C11H7BrIN3O3S/c12-8-4-14-11(20-8)16-10(19)15-7-2-1-5(13)3-6(7)9(17)18/h1-4H,(H,17,18)(H2,14,15,16,19). The Bertz CT molecular complexity index is 677. The van der Waals surface area contributed by atoms with E-state index in [4.69, 9.17) is 5.11 Å². The highest BCUT2D eigenvalue weighted by molar-refractivity contribution is 14.1. The summed E-state index contributed by atoms with van der Waals surface area (Å²) >= 11 is 6.49. The van der Waals surface area contributed by atoms with Crippen LogP contribution in [0.15, 0.2) is 28.2 Å². The molecule has 2 rings (SSSR count). The molecule has 20 heavy (non-hydrogen) atoms. The Morgan fingerprint density at radius 2 is 2.10 bits per heavy atom. The quantitative estimate of drug-likeness (QED) is 0.598. The molecule has 0 atom stereocenters. The lowest BCUT2D eigenvalue weighted by Crippen LogP contribution is -2.21. The summed E-state index contributed by atoms with van der Waals surface area (Å²) in [6.45, 7) is 0. The first-order valence-corrected chi connectivity index (χ1v) is 7.86. The molecule has 1 heterocycles. The Hall–Kier alpha value is -1.20. The van der Waals surface area contributed by atoms with Crippen LogP contribution in [0.2, 0.25) is 0 Å². The second kappa shape index (κ2) is 6.50. The van der Waals surface area contributed by atoms with Gasteiger partial charge in [-0.3, -0.25) is 5.32 Å². The molecule has 9 heteroatoms. The number of thiazole rings is 1. The largest absolute Gasteiger partial charge is 0.478 e. The van der Waals surface area contributed by atoms with Crippen molar-refractivity contribution in [3.05, 3.63) is 37.3 Å². The summed E-state index contributed by atoms with van der Waals surface area (Å²) in [6, 6.07) is 4.19. The van der Waals surface area contributed by atoms with Crippen LogP contribution in [0.4, 0.5) is 15.6 Å². The zero-order valence-corrected chi connectivity index (χ0v) is 14.2. The van der Waals surface area contributed by atoms with Crippen LogP contribution in [-0.4, -0.2) is 22.1 Å². The molecular formula is C11H7BrIN3O3S. The fourth-order valence-electron chi connectivity index (χ4n) is 1.37. The smallest absolute Gasteiger partial charge is 0.337 e. The fraction of sp³-hybridized carbons (Fsp3) is 0. The van der Waals surface area contributed by atoms with Gasteiger partial charge in [-0.15, -0.1) is 0 Å². The van der Waals surface area contributed by atoms with Gasteiger partial charge in [0, 0.05) is 3.57 Å². The van der Waals surface area contributed by atoms with Gasteiger partial charge >= 0.3 is 12.0 Å². The number of urea groups is 1. The highest BCUT2D eigenvalue weighted by Crippen LogP contribution is 2.24. The number of benzene rings is 1. The molecule has 6 nitrogen and oxygen atoms in total. The number of aromatic nitrogens is 1. The molecule has 0 aliphatic carbocycles. The first-order chi connectivity index (χ1) is 9.45. The van der Waals surface area contributed by atoms with Crippen LogP contribution in [0.1, 0.15) is 10.4 Å². The Morgan fingerprint density at radius 1 is 1.35 bits per heavy atom. The van der Waals surface area contributed by atoms with Crippen LogP contribution in [0.5, 0.6) is 0 Å². The molecule has 104 valence electrons. The number of rotatable bonds is 3. The second-order valence-electron chi connectivity index (χ2n) is 3.54. The Morgan fingerprint density at radius 3 is 2.70 bits per heavy atom. The van der Waals surface area contributed by atoms with Crippen molar-refractivity contribution in [1.29, 1.82) is 0 Å². The van der Waals surface area contributed by atoms with Gasteiger partial charge in [-0.2, -0.15) is 0 Å². The molecule has 0 bridgehead atoms. The number of carboxylic acid groups (broad SMARTS) is 1. The Kier molecular flexibility index (Phi) is 4.94. The van der Waals surface area contributed by atoms with Crippen molar-refractivity contribution < 1.29 is 14.7 Å². The summed E-state index contributed by atoms with van der Waals surface area (Å²) in [7, 11) is 0. The van der Waals surface area contributed by atoms with Crippen molar-refractivity contribution in [2.45, 2.75) is 0 Å². The van der Waals surface area contributed by atoms with E-state index in [0.717, 1.165) is 7.36 Å². The lowest BCUT2D eigenvalue weighted by atomic mass is 10.2. The van der Waals surface area contributed by atoms with Gasteiger partial charge in [0.2, 0.25) is 0 Å². The lowest BCUT2D eigenvalue weighted by Gasteiger charge is -2.08. The monoisotopic (exact) mass is 467 g/mol. The summed E-state index contributed by atoms with van der Waals surface area (Å²) in [5, 5.41) is 14.5. The average Bonchev–Trinajstić information content (AvgIpc) is 2.76. The van der Waals surface area contributed by atoms with E-state index in [1.807, 2.05) is 22.6 Å². The number of amides is 2. The van der Waals surface area contributed by atoms with Gasteiger partial charge in [0.15, 0.2) is 5.13 Å². The van der Waals surface area contributed by atoms with Gasteiger partial charge in [0.25, 0.3) is 0 Å².